The number of nitriles is 1. The Morgan fingerprint density at radius 2 is 2.06 bits per heavy atom. The van der Waals surface area contributed by atoms with Crippen LogP contribution in [0.15, 0.2) is 18.2 Å². The van der Waals surface area contributed by atoms with Crippen molar-refractivity contribution in [3.8, 4) is 11.8 Å². The highest BCUT2D eigenvalue weighted by molar-refractivity contribution is 5.45. The second kappa shape index (κ2) is 6.83. The summed E-state index contributed by atoms with van der Waals surface area (Å²) in [7, 11) is 3.18. The van der Waals surface area contributed by atoms with Crippen molar-refractivity contribution in [2.45, 2.75) is 6.61 Å². The molecular weight excluding hydrogens is 206 g/mol. The summed E-state index contributed by atoms with van der Waals surface area (Å²) in [5, 5.41) is 8.89. The molecule has 0 radical (unpaired) electrons. The van der Waals surface area contributed by atoms with Gasteiger partial charge in [-0.2, -0.15) is 5.26 Å². The molecule has 0 spiro atoms. The second-order valence-corrected chi connectivity index (χ2v) is 3.19. The molecule has 0 atom stereocenters. The minimum absolute atomic E-state index is 0.474. The molecular formula is C12H15NO3. The molecule has 1 aromatic carbocycles. The van der Waals surface area contributed by atoms with Crippen LogP contribution >= 0.6 is 0 Å². The molecule has 0 saturated carbocycles. The predicted molar refractivity (Wildman–Crippen MR) is 59.2 cm³/mol. The lowest BCUT2D eigenvalue weighted by Crippen LogP contribution is -2.02. The summed E-state index contributed by atoms with van der Waals surface area (Å²) < 4.78 is 15.3. The van der Waals surface area contributed by atoms with Gasteiger partial charge in [-0.05, 0) is 17.7 Å². The summed E-state index contributed by atoms with van der Waals surface area (Å²) in [6.45, 7) is 1.59. The Morgan fingerprint density at radius 1 is 1.25 bits per heavy atom. The fraction of sp³-hybridized carbons (Fsp3) is 0.417. The highest BCUT2D eigenvalue weighted by Crippen LogP contribution is 2.19. The first-order valence-electron chi connectivity index (χ1n) is 4.95. The Labute approximate surface area is 95.4 Å². The molecule has 1 aromatic rings. The first-order chi connectivity index (χ1) is 7.81. The molecule has 0 heterocycles. The van der Waals surface area contributed by atoms with Crippen molar-refractivity contribution >= 4 is 0 Å². The molecule has 0 amide bonds. The van der Waals surface area contributed by atoms with Gasteiger partial charge in [-0.15, -0.1) is 0 Å². The van der Waals surface area contributed by atoms with E-state index < -0.39 is 0 Å². The molecule has 0 unspecified atom stereocenters. The summed E-state index contributed by atoms with van der Waals surface area (Å²) in [5.74, 6) is 0.586. The molecule has 0 fully saturated rings. The Morgan fingerprint density at radius 3 is 2.69 bits per heavy atom. The molecule has 0 aliphatic carbocycles. The lowest BCUT2D eigenvalue weighted by molar-refractivity contribution is 0.0616. The van der Waals surface area contributed by atoms with E-state index in [1.54, 1.807) is 26.4 Å². The van der Waals surface area contributed by atoms with Crippen LogP contribution in [0.1, 0.15) is 11.1 Å². The quantitative estimate of drug-likeness (QED) is 0.686. The first-order valence-corrected chi connectivity index (χ1v) is 4.95. The second-order valence-electron chi connectivity index (χ2n) is 3.19. The van der Waals surface area contributed by atoms with Crippen molar-refractivity contribution in [2.75, 3.05) is 27.4 Å². The van der Waals surface area contributed by atoms with Gasteiger partial charge in [-0.3, -0.25) is 0 Å². The van der Waals surface area contributed by atoms with E-state index in [-0.39, 0.29) is 0 Å². The summed E-state index contributed by atoms with van der Waals surface area (Å²) in [5.41, 5.74) is 1.48. The Bertz CT molecular complexity index is 371. The van der Waals surface area contributed by atoms with Crippen LogP contribution < -0.4 is 4.74 Å². The first kappa shape index (κ1) is 12.5. The van der Waals surface area contributed by atoms with E-state index >= 15 is 0 Å². The molecule has 0 aliphatic heterocycles. The van der Waals surface area contributed by atoms with Crippen LogP contribution in [0.4, 0.5) is 0 Å². The van der Waals surface area contributed by atoms with Crippen molar-refractivity contribution in [1.29, 1.82) is 5.26 Å². The highest BCUT2D eigenvalue weighted by Gasteiger charge is 2.03. The van der Waals surface area contributed by atoms with Gasteiger partial charge in [-0.25, -0.2) is 0 Å². The van der Waals surface area contributed by atoms with Gasteiger partial charge in [0.25, 0.3) is 0 Å². The van der Waals surface area contributed by atoms with Gasteiger partial charge in [0.1, 0.15) is 11.8 Å². The van der Waals surface area contributed by atoms with E-state index in [2.05, 4.69) is 6.07 Å². The summed E-state index contributed by atoms with van der Waals surface area (Å²) in [6, 6.07) is 7.51. The van der Waals surface area contributed by atoms with E-state index in [4.69, 9.17) is 19.5 Å². The van der Waals surface area contributed by atoms with Crippen molar-refractivity contribution < 1.29 is 14.2 Å². The predicted octanol–water partition coefficient (Wildman–Crippen LogP) is 1.73. The molecule has 0 aliphatic rings. The third-order valence-corrected chi connectivity index (χ3v) is 2.08. The van der Waals surface area contributed by atoms with Gasteiger partial charge in [0, 0.05) is 7.11 Å². The van der Waals surface area contributed by atoms with E-state index in [0.717, 1.165) is 5.56 Å². The van der Waals surface area contributed by atoms with Crippen LogP contribution in [0.2, 0.25) is 0 Å². The van der Waals surface area contributed by atoms with Crippen molar-refractivity contribution in [3.63, 3.8) is 0 Å². The van der Waals surface area contributed by atoms with Crippen LogP contribution in [0.25, 0.3) is 0 Å². The molecule has 4 nitrogen and oxygen atoms in total. The van der Waals surface area contributed by atoms with E-state index in [1.165, 1.54) is 0 Å². The zero-order valence-electron chi connectivity index (χ0n) is 9.53. The molecule has 0 bridgehead atoms. The summed E-state index contributed by atoms with van der Waals surface area (Å²) >= 11 is 0. The average Bonchev–Trinajstić information content (AvgIpc) is 2.34. The lowest BCUT2D eigenvalue weighted by atomic mass is 10.1. The zero-order valence-corrected chi connectivity index (χ0v) is 9.53. The van der Waals surface area contributed by atoms with Gasteiger partial charge >= 0.3 is 0 Å². The Hall–Kier alpha value is -1.57. The zero-order chi connectivity index (χ0) is 11.8. The number of ether oxygens (including phenoxy) is 3. The maximum atomic E-state index is 8.89. The smallest absolute Gasteiger partial charge is 0.136 e. The number of rotatable bonds is 6. The Balaban J connectivity index is 2.58. The maximum absolute atomic E-state index is 8.89. The van der Waals surface area contributed by atoms with Crippen LogP contribution in [0.5, 0.6) is 5.75 Å². The Kier molecular flexibility index (Phi) is 5.34. The minimum atomic E-state index is 0.474. The molecule has 0 saturated heterocycles. The van der Waals surface area contributed by atoms with Crippen molar-refractivity contribution in [1.82, 2.24) is 0 Å². The fourth-order valence-corrected chi connectivity index (χ4v) is 1.26. The van der Waals surface area contributed by atoms with Gasteiger partial charge in [0.2, 0.25) is 0 Å². The maximum Gasteiger partial charge on any atom is 0.136 e. The standard InChI is InChI=1S/C12H15NO3/c1-14-5-6-16-9-10-3-4-12(15-2)11(7-10)8-13/h3-4,7H,5-6,9H2,1-2H3. The minimum Gasteiger partial charge on any atom is -0.495 e. The lowest BCUT2D eigenvalue weighted by Gasteiger charge is -2.06. The fourth-order valence-electron chi connectivity index (χ4n) is 1.26. The summed E-state index contributed by atoms with van der Waals surface area (Å²) in [6.07, 6.45) is 0. The number of nitrogens with zero attached hydrogens (tertiary/aromatic N) is 1. The van der Waals surface area contributed by atoms with Crippen LogP contribution in [-0.2, 0) is 16.1 Å². The molecule has 0 aromatic heterocycles. The molecule has 1 rings (SSSR count). The monoisotopic (exact) mass is 221 g/mol. The van der Waals surface area contributed by atoms with Crippen LogP contribution in [-0.4, -0.2) is 27.4 Å². The number of hydrogen-bond acceptors (Lipinski definition) is 4. The van der Waals surface area contributed by atoms with Gasteiger partial charge < -0.3 is 14.2 Å². The van der Waals surface area contributed by atoms with Crippen molar-refractivity contribution in [3.05, 3.63) is 29.3 Å². The van der Waals surface area contributed by atoms with E-state index in [9.17, 15) is 0 Å². The van der Waals surface area contributed by atoms with Crippen molar-refractivity contribution in [2.24, 2.45) is 0 Å². The highest BCUT2D eigenvalue weighted by atomic mass is 16.5. The summed E-state index contributed by atoms with van der Waals surface area (Å²) in [4.78, 5) is 0. The molecule has 4 heteroatoms. The van der Waals surface area contributed by atoms with Crippen LogP contribution in [0.3, 0.4) is 0 Å². The largest absolute Gasteiger partial charge is 0.495 e. The third-order valence-electron chi connectivity index (χ3n) is 2.08. The molecule has 86 valence electrons. The SMILES string of the molecule is COCCOCc1ccc(OC)c(C#N)c1. The normalized spacial score (nSPS) is 9.81. The molecule has 16 heavy (non-hydrogen) atoms. The molecule has 0 N–H and O–H groups in total. The number of benzene rings is 1. The van der Waals surface area contributed by atoms with Crippen LogP contribution in [0, 0.1) is 11.3 Å². The third kappa shape index (κ3) is 3.54. The average molecular weight is 221 g/mol. The van der Waals surface area contributed by atoms with E-state index in [0.29, 0.717) is 31.1 Å². The van der Waals surface area contributed by atoms with E-state index in [1.807, 2.05) is 6.07 Å². The van der Waals surface area contributed by atoms with Gasteiger partial charge in [-0.1, -0.05) is 6.07 Å². The topological polar surface area (TPSA) is 51.5 Å². The number of methoxy groups -OCH3 is 2. The van der Waals surface area contributed by atoms with Gasteiger partial charge in [0.05, 0.1) is 32.5 Å². The number of hydrogen-bond donors (Lipinski definition) is 0. The van der Waals surface area contributed by atoms with Gasteiger partial charge in [0.15, 0.2) is 0 Å².